The molecule has 1 aliphatic rings. The minimum absolute atomic E-state index is 0.0894. The lowest BCUT2D eigenvalue weighted by Gasteiger charge is -2.23. The highest BCUT2D eigenvalue weighted by molar-refractivity contribution is 6.51. The Kier molecular flexibility index (Phi) is 5.48. The number of furan rings is 1. The van der Waals surface area contributed by atoms with Gasteiger partial charge >= 0.3 is 0 Å². The van der Waals surface area contributed by atoms with Crippen molar-refractivity contribution in [2.24, 2.45) is 0 Å². The molecule has 1 atom stereocenters. The molecule has 1 unspecified atom stereocenters. The van der Waals surface area contributed by atoms with Crippen LogP contribution in [0.15, 0.2) is 58.5 Å². The molecule has 9 heteroatoms. The number of halogens is 3. The normalized spacial score (nSPS) is 17.8. The fourth-order valence-corrected chi connectivity index (χ4v) is 3.85. The van der Waals surface area contributed by atoms with Gasteiger partial charge < -0.3 is 14.3 Å². The maximum atomic E-state index is 14.6. The molecule has 2 heterocycles. The van der Waals surface area contributed by atoms with Crippen molar-refractivity contribution in [1.29, 1.82) is 0 Å². The van der Waals surface area contributed by atoms with E-state index in [1.165, 1.54) is 31.4 Å². The Morgan fingerprint density at radius 2 is 1.88 bits per heavy atom. The molecule has 0 radical (unpaired) electrons. The van der Waals surface area contributed by atoms with Crippen LogP contribution in [0.3, 0.4) is 0 Å². The summed E-state index contributed by atoms with van der Waals surface area (Å²) in [5, 5.41) is 11.2. The number of nitrogens with zero attached hydrogens (tertiary/aromatic N) is 1. The molecule has 164 valence electrons. The van der Waals surface area contributed by atoms with E-state index in [0.717, 1.165) is 23.1 Å². The van der Waals surface area contributed by atoms with Gasteiger partial charge in [-0.1, -0.05) is 11.6 Å². The molecule has 0 bridgehead atoms. The zero-order valence-corrected chi connectivity index (χ0v) is 17.6. The van der Waals surface area contributed by atoms with Crippen LogP contribution in [0.1, 0.15) is 23.1 Å². The largest absolute Gasteiger partial charge is 0.507 e. The molecule has 32 heavy (non-hydrogen) atoms. The molecule has 1 N–H and O–H groups in total. The molecule has 2 aromatic carbocycles. The molecular weight excluding hydrogens is 444 g/mol. The standard InChI is InChI=1S/C23H16ClF2NO5/c1-11-3-7-18(32-11)20-19(21(28)12-4-8-17(31-2)14(24)9-12)22(29)23(30)27(20)16-10-13(25)5-6-15(16)26/h3-10,20,28H,1-2H3/b21-19-. The van der Waals surface area contributed by atoms with Crippen LogP contribution in [0, 0.1) is 18.6 Å². The third kappa shape index (κ3) is 3.52. The second-order valence-electron chi connectivity index (χ2n) is 7.06. The van der Waals surface area contributed by atoms with Gasteiger partial charge in [-0.15, -0.1) is 0 Å². The number of carbonyl (C=O) groups is 2. The van der Waals surface area contributed by atoms with Crippen molar-refractivity contribution in [2.45, 2.75) is 13.0 Å². The van der Waals surface area contributed by atoms with Gasteiger partial charge in [-0.25, -0.2) is 8.78 Å². The van der Waals surface area contributed by atoms with Gasteiger partial charge in [0.15, 0.2) is 0 Å². The van der Waals surface area contributed by atoms with Crippen LogP contribution in [-0.2, 0) is 9.59 Å². The van der Waals surface area contributed by atoms with Gasteiger partial charge in [-0.3, -0.25) is 14.5 Å². The third-order valence-electron chi connectivity index (χ3n) is 5.07. The first kappa shape index (κ1) is 21.6. The number of hydrogen-bond donors (Lipinski definition) is 1. The van der Waals surface area contributed by atoms with E-state index in [1.807, 2.05) is 0 Å². The summed E-state index contributed by atoms with van der Waals surface area (Å²) < 4.78 is 39.2. The smallest absolute Gasteiger partial charge is 0.300 e. The molecule has 0 aliphatic carbocycles. The SMILES string of the molecule is COc1ccc(/C(O)=C2/C(=O)C(=O)N(c3cc(F)ccc3F)C2c2ccc(C)o2)cc1Cl. The average molecular weight is 460 g/mol. The van der Waals surface area contributed by atoms with Crippen molar-refractivity contribution in [3.8, 4) is 5.75 Å². The molecule has 0 spiro atoms. The first-order valence-corrected chi connectivity index (χ1v) is 9.77. The summed E-state index contributed by atoms with van der Waals surface area (Å²) in [4.78, 5) is 26.7. The molecule has 0 saturated carbocycles. The first-order valence-electron chi connectivity index (χ1n) is 9.39. The minimum atomic E-state index is -1.33. The zero-order valence-electron chi connectivity index (χ0n) is 16.9. The van der Waals surface area contributed by atoms with Crippen molar-refractivity contribution >= 4 is 34.7 Å². The monoisotopic (exact) mass is 459 g/mol. The number of rotatable bonds is 4. The number of aryl methyl sites for hydroxylation is 1. The van der Waals surface area contributed by atoms with Crippen molar-refractivity contribution in [3.63, 3.8) is 0 Å². The van der Waals surface area contributed by atoms with E-state index >= 15 is 0 Å². The number of aliphatic hydroxyl groups is 1. The maximum absolute atomic E-state index is 14.6. The van der Waals surface area contributed by atoms with Crippen LogP contribution in [0.4, 0.5) is 14.5 Å². The molecule has 1 aliphatic heterocycles. The van der Waals surface area contributed by atoms with Crippen LogP contribution < -0.4 is 9.64 Å². The molecule has 1 amide bonds. The van der Waals surface area contributed by atoms with Crippen molar-refractivity contribution in [3.05, 3.63) is 87.8 Å². The molecule has 4 rings (SSSR count). The number of benzene rings is 2. The van der Waals surface area contributed by atoms with Gasteiger partial charge in [0, 0.05) is 11.6 Å². The number of ether oxygens (including phenoxy) is 1. The van der Waals surface area contributed by atoms with Gasteiger partial charge in [0.1, 0.15) is 40.7 Å². The number of amides is 1. The van der Waals surface area contributed by atoms with E-state index < -0.39 is 40.8 Å². The van der Waals surface area contributed by atoms with Gasteiger partial charge in [0.05, 0.1) is 23.4 Å². The Balaban J connectivity index is 1.96. The number of aliphatic hydroxyl groups excluding tert-OH is 1. The van der Waals surface area contributed by atoms with Gasteiger partial charge in [0.25, 0.3) is 11.7 Å². The highest BCUT2D eigenvalue weighted by Crippen LogP contribution is 2.44. The lowest BCUT2D eigenvalue weighted by molar-refractivity contribution is -0.132. The minimum Gasteiger partial charge on any atom is -0.507 e. The summed E-state index contributed by atoms with van der Waals surface area (Å²) in [5.41, 5.74) is -0.686. The Morgan fingerprint density at radius 1 is 1.12 bits per heavy atom. The van der Waals surface area contributed by atoms with Crippen molar-refractivity contribution in [2.75, 3.05) is 12.0 Å². The van der Waals surface area contributed by atoms with Crippen LogP contribution >= 0.6 is 11.6 Å². The Hall–Kier alpha value is -3.65. The maximum Gasteiger partial charge on any atom is 0.300 e. The molecule has 1 fully saturated rings. The summed E-state index contributed by atoms with van der Waals surface area (Å²) in [6, 6.07) is 8.56. The second-order valence-corrected chi connectivity index (χ2v) is 7.47. The lowest BCUT2D eigenvalue weighted by atomic mass is 9.99. The Labute approximate surface area is 186 Å². The summed E-state index contributed by atoms with van der Waals surface area (Å²) in [6.45, 7) is 1.64. The molecule has 1 saturated heterocycles. The van der Waals surface area contributed by atoms with Crippen LogP contribution in [0.2, 0.25) is 5.02 Å². The van der Waals surface area contributed by atoms with Crippen LogP contribution in [0.5, 0.6) is 5.75 Å². The topological polar surface area (TPSA) is 80.0 Å². The number of anilines is 1. The summed E-state index contributed by atoms with van der Waals surface area (Å²) in [7, 11) is 1.42. The molecular formula is C23H16ClF2NO5. The lowest BCUT2D eigenvalue weighted by Crippen LogP contribution is -2.30. The summed E-state index contributed by atoms with van der Waals surface area (Å²) in [6.07, 6.45) is 0. The third-order valence-corrected chi connectivity index (χ3v) is 5.36. The van der Waals surface area contributed by atoms with Crippen LogP contribution in [-0.4, -0.2) is 23.9 Å². The highest BCUT2D eigenvalue weighted by Gasteiger charge is 2.49. The molecule has 1 aromatic heterocycles. The van der Waals surface area contributed by atoms with E-state index in [2.05, 4.69) is 0 Å². The predicted octanol–water partition coefficient (Wildman–Crippen LogP) is 5.15. The van der Waals surface area contributed by atoms with E-state index in [-0.39, 0.29) is 21.9 Å². The van der Waals surface area contributed by atoms with Gasteiger partial charge in [0.2, 0.25) is 0 Å². The van der Waals surface area contributed by atoms with Gasteiger partial charge in [-0.2, -0.15) is 0 Å². The Bertz CT molecular complexity index is 1280. The fraction of sp³-hybridized carbons (Fsp3) is 0.130. The van der Waals surface area contributed by atoms with E-state index in [9.17, 15) is 23.5 Å². The second kappa shape index (κ2) is 8.12. The van der Waals surface area contributed by atoms with Crippen molar-refractivity contribution in [1.82, 2.24) is 0 Å². The summed E-state index contributed by atoms with van der Waals surface area (Å²) in [5.74, 6) is -3.63. The predicted molar refractivity (Wildman–Crippen MR) is 113 cm³/mol. The quantitative estimate of drug-likeness (QED) is 0.331. The number of ketones is 1. The average Bonchev–Trinajstić information content (AvgIpc) is 3.30. The van der Waals surface area contributed by atoms with Crippen molar-refractivity contribution < 1.29 is 32.6 Å². The summed E-state index contributed by atoms with van der Waals surface area (Å²) >= 11 is 6.13. The van der Waals surface area contributed by atoms with Crippen LogP contribution in [0.25, 0.3) is 5.76 Å². The number of carbonyl (C=O) groups excluding carboxylic acids is 2. The van der Waals surface area contributed by atoms with Gasteiger partial charge in [-0.05, 0) is 49.4 Å². The Morgan fingerprint density at radius 3 is 2.50 bits per heavy atom. The number of methoxy groups -OCH3 is 1. The van der Waals surface area contributed by atoms with E-state index in [4.69, 9.17) is 20.8 Å². The highest BCUT2D eigenvalue weighted by atomic mass is 35.5. The molecule has 6 nitrogen and oxygen atoms in total. The number of hydrogen-bond acceptors (Lipinski definition) is 5. The first-order chi connectivity index (χ1) is 15.2. The zero-order chi connectivity index (χ0) is 23.2. The molecule has 3 aromatic rings. The van der Waals surface area contributed by atoms with E-state index in [1.54, 1.807) is 13.0 Å². The fourth-order valence-electron chi connectivity index (χ4n) is 3.59. The number of Topliss-reactive ketones (excluding diaryl/α,β-unsaturated/α-hetero) is 1. The van der Waals surface area contributed by atoms with E-state index in [0.29, 0.717) is 11.5 Å².